The highest BCUT2D eigenvalue weighted by atomic mass is 79.9. The van der Waals surface area contributed by atoms with Gasteiger partial charge >= 0.3 is 6.08 Å². The van der Waals surface area contributed by atoms with Crippen LogP contribution in [0.15, 0.2) is 31.8 Å². The molecule has 0 aliphatic carbocycles. The van der Waals surface area contributed by atoms with Crippen molar-refractivity contribution in [3.63, 3.8) is 0 Å². The van der Waals surface area contributed by atoms with Crippen LogP contribution in [0, 0.1) is 0 Å². The number of benzene rings is 1. The summed E-state index contributed by atoms with van der Waals surface area (Å²) in [6.07, 6.45) is 1.60. The molecular formula is C11H8Br2ClNO3. The predicted molar refractivity (Wildman–Crippen MR) is 74.5 cm³/mol. The third kappa shape index (κ3) is 2.99. The fourth-order valence-corrected chi connectivity index (χ4v) is 2.25. The highest BCUT2D eigenvalue weighted by molar-refractivity contribution is 9.11. The maximum atomic E-state index is 5.63. The van der Waals surface area contributed by atoms with Gasteiger partial charge in [-0.15, -0.1) is 11.6 Å². The summed E-state index contributed by atoms with van der Waals surface area (Å²) in [5, 5.41) is 0. The second kappa shape index (κ2) is 5.95. The van der Waals surface area contributed by atoms with E-state index < -0.39 is 0 Å². The molecule has 0 fully saturated rings. The summed E-state index contributed by atoms with van der Waals surface area (Å²) < 4.78 is 17.3. The lowest BCUT2D eigenvalue weighted by Crippen LogP contribution is -1.89. The summed E-state index contributed by atoms with van der Waals surface area (Å²) in [5.41, 5.74) is 0.621. The normalized spacial score (nSPS) is 10.4. The average Bonchev–Trinajstić information content (AvgIpc) is 2.81. The molecule has 0 saturated heterocycles. The van der Waals surface area contributed by atoms with Crippen LogP contribution in [0.1, 0.15) is 5.69 Å². The van der Waals surface area contributed by atoms with Crippen molar-refractivity contribution in [2.75, 3.05) is 7.11 Å². The summed E-state index contributed by atoms with van der Waals surface area (Å²) in [4.78, 5) is 4.05. The van der Waals surface area contributed by atoms with Crippen LogP contribution in [-0.2, 0) is 5.88 Å². The zero-order chi connectivity index (χ0) is 13.1. The van der Waals surface area contributed by atoms with Crippen LogP contribution in [0.2, 0.25) is 0 Å². The largest absolute Gasteiger partial charge is 0.496 e. The van der Waals surface area contributed by atoms with E-state index in [0.29, 0.717) is 17.2 Å². The fraction of sp³-hybridized carbons (Fsp3) is 0.182. The molecule has 0 spiro atoms. The second-order valence-electron chi connectivity index (χ2n) is 3.26. The summed E-state index contributed by atoms with van der Waals surface area (Å²) in [5.74, 6) is 1.54. The van der Waals surface area contributed by atoms with Gasteiger partial charge in [-0.1, -0.05) is 0 Å². The van der Waals surface area contributed by atoms with E-state index in [-0.39, 0.29) is 12.0 Å². The van der Waals surface area contributed by atoms with E-state index in [1.165, 1.54) is 6.26 Å². The van der Waals surface area contributed by atoms with Gasteiger partial charge in [0.15, 0.2) is 0 Å². The molecule has 1 heterocycles. The summed E-state index contributed by atoms with van der Waals surface area (Å²) in [6.45, 7) is 0. The van der Waals surface area contributed by atoms with E-state index in [9.17, 15) is 0 Å². The van der Waals surface area contributed by atoms with Crippen LogP contribution >= 0.6 is 43.5 Å². The molecule has 0 atom stereocenters. The van der Waals surface area contributed by atoms with Gasteiger partial charge in [-0.25, -0.2) is 0 Å². The van der Waals surface area contributed by atoms with Crippen molar-refractivity contribution < 1.29 is 13.9 Å². The molecule has 7 heteroatoms. The molecule has 0 radical (unpaired) electrons. The highest BCUT2D eigenvalue weighted by Crippen LogP contribution is 2.37. The maximum Gasteiger partial charge on any atom is 0.399 e. The van der Waals surface area contributed by atoms with Gasteiger partial charge in [0.25, 0.3) is 0 Å². The van der Waals surface area contributed by atoms with E-state index in [4.69, 9.17) is 25.5 Å². The molecule has 0 aliphatic heterocycles. The predicted octanol–water partition coefficient (Wildman–Crippen LogP) is 4.74. The molecule has 0 saturated carbocycles. The lowest BCUT2D eigenvalue weighted by molar-refractivity contribution is 0.328. The van der Waals surface area contributed by atoms with Gasteiger partial charge in [0.05, 0.1) is 27.6 Å². The number of methoxy groups -OCH3 is 1. The Labute approximate surface area is 125 Å². The SMILES string of the molecule is COc1cc(Br)c(Oc2nc(CCl)co2)cc1Br. The third-order valence-corrected chi connectivity index (χ3v) is 3.58. The first-order chi connectivity index (χ1) is 8.63. The quantitative estimate of drug-likeness (QED) is 0.699. The van der Waals surface area contributed by atoms with Crippen molar-refractivity contribution in [1.29, 1.82) is 0 Å². The van der Waals surface area contributed by atoms with Crippen molar-refractivity contribution in [3.05, 3.63) is 33.0 Å². The Morgan fingerprint density at radius 1 is 1.28 bits per heavy atom. The molecule has 2 rings (SSSR count). The molecule has 1 aromatic heterocycles. The van der Waals surface area contributed by atoms with Gasteiger partial charge < -0.3 is 13.9 Å². The van der Waals surface area contributed by atoms with Gasteiger partial charge in [-0.05, 0) is 37.9 Å². The van der Waals surface area contributed by atoms with Crippen molar-refractivity contribution in [3.8, 4) is 17.6 Å². The first-order valence-electron chi connectivity index (χ1n) is 4.85. The van der Waals surface area contributed by atoms with Crippen LogP contribution in [0.4, 0.5) is 0 Å². The van der Waals surface area contributed by atoms with E-state index in [1.807, 2.05) is 0 Å². The number of alkyl halides is 1. The Balaban J connectivity index is 2.26. The Bertz CT molecular complexity index is 559. The van der Waals surface area contributed by atoms with Gasteiger partial charge in [-0.3, -0.25) is 0 Å². The Kier molecular flexibility index (Phi) is 4.53. The molecule has 0 aliphatic rings. The van der Waals surface area contributed by atoms with Crippen molar-refractivity contribution >= 4 is 43.5 Å². The molecule has 0 bridgehead atoms. The van der Waals surface area contributed by atoms with E-state index in [0.717, 1.165) is 8.95 Å². The molecule has 1 aromatic carbocycles. The topological polar surface area (TPSA) is 44.5 Å². The molecule has 96 valence electrons. The lowest BCUT2D eigenvalue weighted by atomic mass is 10.3. The number of aromatic nitrogens is 1. The summed E-state index contributed by atoms with van der Waals surface area (Å²) in [6, 6.07) is 3.54. The standard InChI is InChI=1S/C11H8Br2ClNO3/c1-16-9-2-8(13)10(3-7(9)12)18-11-15-6(4-14)5-17-11/h2-3,5H,4H2,1H3. The van der Waals surface area contributed by atoms with Crippen LogP contribution in [0.5, 0.6) is 17.6 Å². The van der Waals surface area contributed by atoms with Gasteiger partial charge in [0.2, 0.25) is 0 Å². The molecule has 2 aromatic rings. The first-order valence-corrected chi connectivity index (χ1v) is 6.97. The molecule has 18 heavy (non-hydrogen) atoms. The molecule has 0 unspecified atom stereocenters. The second-order valence-corrected chi connectivity index (χ2v) is 5.23. The third-order valence-electron chi connectivity index (χ3n) is 2.07. The van der Waals surface area contributed by atoms with Crippen molar-refractivity contribution in [1.82, 2.24) is 4.98 Å². The zero-order valence-corrected chi connectivity index (χ0v) is 13.2. The van der Waals surface area contributed by atoms with Crippen LogP contribution in [-0.4, -0.2) is 12.1 Å². The summed E-state index contributed by atoms with van der Waals surface area (Å²) in [7, 11) is 1.59. The van der Waals surface area contributed by atoms with Crippen LogP contribution in [0.3, 0.4) is 0 Å². The van der Waals surface area contributed by atoms with E-state index in [2.05, 4.69) is 36.8 Å². The minimum absolute atomic E-state index is 0.142. The first kappa shape index (κ1) is 13.7. The average molecular weight is 397 g/mol. The Morgan fingerprint density at radius 3 is 2.56 bits per heavy atom. The van der Waals surface area contributed by atoms with Crippen LogP contribution < -0.4 is 9.47 Å². The highest BCUT2D eigenvalue weighted by Gasteiger charge is 2.12. The maximum absolute atomic E-state index is 5.63. The Hall–Kier alpha value is -0.720. The number of hydrogen-bond acceptors (Lipinski definition) is 4. The van der Waals surface area contributed by atoms with Crippen LogP contribution in [0.25, 0.3) is 0 Å². The fourth-order valence-electron chi connectivity index (χ4n) is 1.24. The van der Waals surface area contributed by atoms with Gasteiger partial charge in [0, 0.05) is 6.07 Å². The van der Waals surface area contributed by atoms with E-state index >= 15 is 0 Å². The number of rotatable bonds is 4. The Morgan fingerprint density at radius 2 is 1.94 bits per heavy atom. The van der Waals surface area contributed by atoms with Crippen molar-refractivity contribution in [2.45, 2.75) is 5.88 Å². The minimum atomic E-state index is 0.142. The van der Waals surface area contributed by atoms with Gasteiger partial charge in [0.1, 0.15) is 17.8 Å². The molecule has 0 amide bonds. The number of oxazole rings is 1. The zero-order valence-electron chi connectivity index (χ0n) is 9.25. The molecular weight excluding hydrogens is 389 g/mol. The molecule has 4 nitrogen and oxygen atoms in total. The smallest absolute Gasteiger partial charge is 0.399 e. The lowest BCUT2D eigenvalue weighted by Gasteiger charge is -2.08. The summed E-state index contributed by atoms with van der Waals surface area (Å²) >= 11 is 12.4. The van der Waals surface area contributed by atoms with Gasteiger partial charge in [-0.2, -0.15) is 4.98 Å². The minimum Gasteiger partial charge on any atom is -0.496 e. The monoisotopic (exact) mass is 395 g/mol. The molecule has 0 N–H and O–H groups in total. The number of nitrogens with zero attached hydrogens (tertiary/aromatic N) is 1. The number of ether oxygens (including phenoxy) is 2. The van der Waals surface area contributed by atoms with Crippen molar-refractivity contribution in [2.24, 2.45) is 0 Å². The number of hydrogen-bond donors (Lipinski definition) is 0. The van der Waals surface area contributed by atoms with E-state index in [1.54, 1.807) is 19.2 Å². The number of halogens is 3.